The molecule has 0 aliphatic heterocycles. The third-order valence-corrected chi connectivity index (χ3v) is 8.15. The first-order valence-corrected chi connectivity index (χ1v) is 15.8. The summed E-state index contributed by atoms with van der Waals surface area (Å²) in [7, 11) is 2.95. The van der Waals surface area contributed by atoms with Crippen molar-refractivity contribution in [2.24, 2.45) is 10.6 Å². The summed E-state index contributed by atoms with van der Waals surface area (Å²) in [5, 5.41) is 34.7. The molecule has 48 heavy (non-hydrogen) atoms. The van der Waals surface area contributed by atoms with Crippen LogP contribution in [0.4, 0.5) is 0 Å². The quantitative estimate of drug-likeness (QED) is 0.0751. The SMILES string of the molecule is CNC(=O)[C@H](Cc1c[nH]c2ccccc12)NC(=O)[C@H](Cc1c[nH]c2ccccc12)NC(=O)CO/N=C(\C(O)C(C)O)[C@@H](OC)C(C)(C)C. The number of rotatable bonds is 15. The summed E-state index contributed by atoms with van der Waals surface area (Å²) in [5.74, 6) is -1.62. The standard InChI is InChI=1S/C35H46N6O7/c1-20(42)31(44)30(32(47-6)35(2,3)4)41-48-19-29(43)39-28(16-22-18-38-26-14-10-8-12-24(22)26)34(46)40-27(33(45)36-5)15-21-17-37-25-13-9-7-11-23(21)25/h7-14,17-18,20,27-28,31-32,37-38,42,44H,15-16,19H2,1-6H3,(H,36,45)(H,39,43)(H,40,46)/b41-30+/t20?,27-,28-,31?,32+/m0/s1. The van der Waals surface area contributed by atoms with E-state index in [1.807, 2.05) is 75.5 Å². The van der Waals surface area contributed by atoms with E-state index >= 15 is 0 Å². The summed E-state index contributed by atoms with van der Waals surface area (Å²) in [5.41, 5.74) is 2.91. The van der Waals surface area contributed by atoms with Crippen molar-refractivity contribution in [1.29, 1.82) is 0 Å². The topological polar surface area (TPSA) is 190 Å². The summed E-state index contributed by atoms with van der Waals surface area (Å²) < 4.78 is 5.55. The number of nitrogens with zero attached hydrogens (tertiary/aromatic N) is 1. The van der Waals surface area contributed by atoms with Crippen molar-refractivity contribution in [2.45, 2.75) is 70.9 Å². The first-order chi connectivity index (χ1) is 22.8. The number of aromatic amines is 2. The fraction of sp³-hybridized carbons (Fsp3) is 0.429. The highest BCUT2D eigenvalue weighted by molar-refractivity contribution is 5.95. The van der Waals surface area contributed by atoms with Crippen LogP contribution in [0.3, 0.4) is 0 Å². The number of methoxy groups -OCH3 is 1. The molecule has 0 saturated heterocycles. The van der Waals surface area contributed by atoms with Gasteiger partial charge in [0, 0.05) is 61.2 Å². The molecule has 7 N–H and O–H groups in total. The maximum Gasteiger partial charge on any atom is 0.261 e. The lowest BCUT2D eigenvalue weighted by molar-refractivity contribution is -0.133. The van der Waals surface area contributed by atoms with Crippen LogP contribution in [0.2, 0.25) is 0 Å². The number of aliphatic hydroxyl groups is 2. The molecule has 2 aromatic heterocycles. The molecule has 0 fully saturated rings. The van der Waals surface area contributed by atoms with Crippen LogP contribution >= 0.6 is 0 Å². The molecule has 2 aromatic carbocycles. The number of aromatic nitrogens is 2. The van der Waals surface area contributed by atoms with Gasteiger partial charge in [-0.3, -0.25) is 14.4 Å². The van der Waals surface area contributed by atoms with Gasteiger partial charge in [0.15, 0.2) is 6.61 Å². The molecular formula is C35H46N6O7. The zero-order valence-corrected chi connectivity index (χ0v) is 28.2. The Bertz CT molecular complexity index is 1740. The average molecular weight is 663 g/mol. The molecule has 13 heteroatoms. The van der Waals surface area contributed by atoms with Gasteiger partial charge in [-0.1, -0.05) is 62.3 Å². The van der Waals surface area contributed by atoms with Crippen LogP contribution in [0.1, 0.15) is 38.8 Å². The molecule has 0 saturated carbocycles. The summed E-state index contributed by atoms with van der Waals surface area (Å²) in [4.78, 5) is 51.8. The molecule has 0 spiro atoms. The lowest BCUT2D eigenvalue weighted by Crippen LogP contribution is -2.55. The molecule has 0 bridgehead atoms. The fourth-order valence-electron chi connectivity index (χ4n) is 5.73. The summed E-state index contributed by atoms with van der Waals surface area (Å²) in [6.45, 7) is 6.42. The zero-order chi connectivity index (χ0) is 35.0. The minimum Gasteiger partial charge on any atom is -0.390 e. The van der Waals surface area contributed by atoms with Gasteiger partial charge in [0.25, 0.3) is 5.91 Å². The Morgan fingerprint density at radius 1 is 0.854 bits per heavy atom. The molecule has 2 heterocycles. The number of ether oxygens (including phenoxy) is 1. The van der Waals surface area contributed by atoms with Crippen LogP contribution in [0.25, 0.3) is 21.8 Å². The van der Waals surface area contributed by atoms with Crippen molar-refractivity contribution < 1.29 is 34.2 Å². The Balaban J connectivity index is 1.56. The van der Waals surface area contributed by atoms with Crippen LogP contribution in [0, 0.1) is 5.41 Å². The van der Waals surface area contributed by atoms with E-state index in [4.69, 9.17) is 9.57 Å². The van der Waals surface area contributed by atoms with E-state index < -0.39 is 54.2 Å². The number of nitrogens with one attached hydrogen (secondary N) is 5. The van der Waals surface area contributed by atoms with Gasteiger partial charge < -0.3 is 45.7 Å². The van der Waals surface area contributed by atoms with E-state index in [9.17, 15) is 24.6 Å². The molecular weight excluding hydrogens is 616 g/mol. The number of carbonyl (C=O) groups excluding carboxylic acids is 3. The number of aliphatic hydroxyl groups excluding tert-OH is 2. The van der Waals surface area contributed by atoms with E-state index in [1.165, 1.54) is 21.1 Å². The van der Waals surface area contributed by atoms with Crippen LogP contribution in [0.15, 0.2) is 66.1 Å². The Morgan fingerprint density at radius 2 is 1.38 bits per heavy atom. The normalized spacial score (nSPS) is 15.4. The van der Waals surface area contributed by atoms with Crippen molar-refractivity contribution in [2.75, 3.05) is 20.8 Å². The molecule has 0 aliphatic rings. The van der Waals surface area contributed by atoms with Gasteiger partial charge in [0.05, 0.1) is 6.10 Å². The van der Waals surface area contributed by atoms with Crippen molar-refractivity contribution in [3.8, 4) is 0 Å². The molecule has 4 aromatic rings. The highest BCUT2D eigenvalue weighted by Crippen LogP contribution is 2.25. The zero-order valence-electron chi connectivity index (χ0n) is 28.2. The minimum absolute atomic E-state index is 0.0200. The third-order valence-electron chi connectivity index (χ3n) is 8.15. The molecule has 0 radical (unpaired) electrons. The number of hydrogen-bond donors (Lipinski definition) is 7. The Morgan fingerprint density at radius 3 is 1.85 bits per heavy atom. The first kappa shape index (κ1) is 36.1. The van der Waals surface area contributed by atoms with Gasteiger partial charge in [0.1, 0.15) is 30.0 Å². The van der Waals surface area contributed by atoms with Gasteiger partial charge in [-0.2, -0.15) is 0 Å². The van der Waals surface area contributed by atoms with Crippen LogP contribution in [-0.4, -0.2) is 94.8 Å². The van der Waals surface area contributed by atoms with Crippen molar-refractivity contribution in [1.82, 2.24) is 25.9 Å². The minimum atomic E-state index is -1.41. The summed E-state index contributed by atoms with van der Waals surface area (Å²) in [6.07, 6.45) is 0.598. The second-order valence-electron chi connectivity index (χ2n) is 12.9. The number of para-hydroxylation sites is 2. The molecule has 5 atom stereocenters. The van der Waals surface area contributed by atoms with Crippen LogP contribution in [-0.2, 0) is 36.8 Å². The van der Waals surface area contributed by atoms with Gasteiger partial charge in [-0.25, -0.2) is 0 Å². The van der Waals surface area contributed by atoms with Crippen LogP contribution in [0.5, 0.6) is 0 Å². The smallest absolute Gasteiger partial charge is 0.261 e. The summed E-state index contributed by atoms with van der Waals surface area (Å²) in [6, 6.07) is 13.2. The monoisotopic (exact) mass is 662 g/mol. The van der Waals surface area contributed by atoms with Crippen molar-refractivity contribution >= 4 is 45.2 Å². The molecule has 258 valence electrons. The Labute approximate surface area is 279 Å². The highest BCUT2D eigenvalue weighted by Gasteiger charge is 2.36. The van der Waals surface area contributed by atoms with Crippen LogP contribution < -0.4 is 16.0 Å². The third kappa shape index (κ3) is 8.79. The number of oxime groups is 1. The predicted octanol–water partition coefficient (Wildman–Crippen LogP) is 2.33. The lowest BCUT2D eigenvalue weighted by atomic mass is 9.83. The Hall–Kier alpha value is -4.72. The maximum absolute atomic E-state index is 13.9. The van der Waals surface area contributed by atoms with Crippen molar-refractivity contribution in [3.05, 3.63) is 72.1 Å². The highest BCUT2D eigenvalue weighted by atomic mass is 16.6. The van der Waals surface area contributed by atoms with Gasteiger partial charge in [-0.05, 0) is 35.6 Å². The first-order valence-electron chi connectivity index (χ1n) is 15.8. The Kier molecular flexibility index (Phi) is 12.0. The molecule has 3 amide bonds. The number of amides is 3. The van der Waals surface area contributed by atoms with Gasteiger partial charge in [0.2, 0.25) is 11.8 Å². The largest absolute Gasteiger partial charge is 0.390 e. The van der Waals surface area contributed by atoms with Gasteiger partial charge >= 0.3 is 0 Å². The van der Waals surface area contributed by atoms with Crippen molar-refractivity contribution in [3.63, 3.8) is 0 Å². The van der Waals surface area contributed by atoms with E-state index in [0.717, 1.165) is 32.9 Å². The number of H-pyrrole nitrogens is 2. The number of hydrogen-bond acceptors (Lipinski definition) is 8. The maximum atomic E-state index is 13.9. The molecule has 2 unspecified atom stereocenters. The number of benzene rings is 2. The average Bonchev–Trinajstić information content (AvgIpc) is 3.66. The molecule has 0 aliphatic carbocycles. The van der Waals surface area contributed by atoms with E-state index in [-0.39, 0.29) is 24.5 Å². The fourth-order valence-corrected chi connectivity index (χ4v) is 5.73. The number of carbonyl (C=O) groups is 3. The van der Waals surface area contributed by atoms with Gasteiger partial charge in [-0.15, -0.1) is 0 Å². The van der Waals surface area contributed by atoms with E-state index in [0.29, 0.717) is 0 Å². The van der Waals surface area contributed by atoms with E-state index in [2.05, 4.69) is 31.1 Å². The molecule has 4 rings (SSSR count). The number of fused-ring (bicyclic) bond motifs is 2. The second kappa shape index (κ2) is 15.9. The molecule has 13 nitrogen and oxygen atoms in total. The number of likely N-dealkylation sites (N-methyl/N-ethyl adjacent to an activating group) is 1. The second-order valence-corrected chi connectivity index (χ2v) is 12.9. The summed E-state index contributed by atoms with van der Waals surface area (Å²) >= 11 is 0. The predicted molar refractivity (Wildman–Crippen MR) is 183 cm³/mol. The van der Waals surface area contributed by atoms with E-state index in [1.54, 1.807) is 6.20 Å². The lowest BCUT2D eigenvalue weighted by Gasteiger charge is -2.32.